The second-order valence-corrected chi connectivity index (χ2v) is 5.07. The highest BCUT2D eigenvalue weighted by molar-refractivity contribution is 5.44. The number of nitrogens with zero attached hydrogens (tertiary/aromatic N) is 1. The Morgan fingerprint density at radius 2 is 1.90 bits per heavy atom. The summed E-state index contributed by atoms with van der Waals surface area (Å²) in [6.07, 6.45) is 1.01. The number of para-hydroxylation sites is 1. The molecule has 0 unspecified atom stereocenters. The summed E-state index contributed by atoms with van der Waals surface area (Å²) in [5.74, 6) is -0.874. The molecule has 112 valence electrons. The quantitative estimate of drug-likeness (QED) is 0.768. The van der Waals surface area contributed by atoms with Gasteiger partial charge in [0.25, 0.3) is 0 Å². The third kappa shape index (κ3) is 4.76. The van der Waals surface area contributed by atoms with Gasteiger partial charge in [0.1, 0.15) is 0 Å². The Hall–Kier alpha value is -2.07. The fraction of sp³-hybridized carbons (Fsp3) is 0.294. The van der Waals surface area contributed by atoms with Crippen LogP contribution in [0.5, 0.6) is 5.75 Å². The van der Waals surface area contributed by atoms with Crippen molar-refractivity contribution in [3.8, 4) is 5.75 Å². The minimum atomic E-state index is -0.571. The molecule has 0 bridgehead atoms. The number of hydrogen-bond donors (Lipinski definition) is 2. The number of anilines is 1. The molecule has 21 heavy (non-hydrogen) atoms. The molecule has 0 aliphatic rings. The van der Waals surface area contributed by atoms with Gasteiger partial charge >= 0.3 is 0 Å². The van der Waals surface area contributed by atoms with Gasteiger partial charge in [-0.05, 0) is 42.8 Å². The SMILES string of the molecule is CN(CCCNCc1ccc(O)c(F)c1)c1ccccc1. The van der Waals surface area contributed by atoms with Gasteiger partial charge in [-0.25, -0.2) is 4.39 Å². The van der Waals surface area contributed by atoms with Gasteiger partial charge in [0.15, 0.2) is 11.6 Å². The average Bonchev–Trinajstić information content (AvgIpc) is 2.51. The van der Waals surface area contributed by atoms with Crippen LogP contribution in [0.15, 0.2) is 48.5 Å². The molecule has 2 N–H and O–H groups in total. The molecule has 0 aliphatic carbocycles. The van der Waals surface area contributed by atoms with E-state index in [0.717, 1.165) is 25.1 Å². The van der Waals surface area contributed by atoms with Gasteiger partial charge in [-0.2, -0.15) is 0 Å². The number of benzene rings is 2. The van der Waals surface area contributed by atoms with Gasteiger partial charge in [-0.15, -0.1) is 0 Å². The first-order valence-corrected chi connectivity index (χ1v) is 7.11. The number of rotatable bonds is 7. The second-order valence-electron chi connectivity index (χ2n) is 5.07. The Balaban J connectivity index is 1.67. The smallest absolute Gasteiger partial charge is 0.165 e. The van der Waals surface area contributed by atoms with Gasteiger partial charge in [0.2, 0.25) is 0 Å². The summed E-state index contributed by atoms with van der Waals surface area (Å²) in [4.78, 5) is 2.21. The summed E-state index contributed by atoms with van der Waals surface area (Å²) >= 11 is 0. The highest BCUT2D eigenvalue weighted by Gasteiger charge is 2.02. The molecule has 0 radical (unpaired) electrons. The second kappa shape index (κ2) is 7.64. The molecule has 4 heteroatoms. The number of hydrogen-bond acceptors (Lipinski definition) is 3. The van der Waals surface area contributed by atoms with E-state index in [0.29, 0.717) is 6.54 Å². The molecule has 0 saturated heterocycles. The van der Waals surface area contributed by atoms with Crippen LogP contribution in [0.4, 0.5) is 10.1 Å². The minimum absolute atomic E-state index is 0.303. The van der Waals surface area contributed by atoms with E-state index in [1.807, 2.05) is 18.2 Å². The zero-order valence-electron chi connectivity index (χ0n) is 12.2. The van der Waals surface area contributed by atoms with E-state index in [-0.39, 0.29) is 5.75 Å². The van der Waals surface area contributed by atoms with Crippen molar-refractivity contribution in [3.05, 3.63) is 59.9 Å². The summed E-state index contributed by atoms with van der Waals surface area (Å²) in [5, 5.41) is 12.4. The number of phenols is 1. The van der Waals surface area contributed by atoms with Crippen LogP contribution in [-0.2, 0) is 6.54 Å². The van der Waals surface area contributed by atoms with Crippen molar-refractivity contribution in [1.82, 2.24) is 5.32 Å². The summed E-state index contributed by atoms with van der Waals surface area (Å²) in [6.45, 7) is 2.42. The van der Waals surface area contributed by atoms with E-state index in [2.05, 4.69) is 29.4 Å². The first-order valence-electron chi connectivity index (χ1n) is 7.11. The molecule has 0 aromatic heterocycles. The van der Waals surface area contributed by atoms with Crippen LogP contribution in [-0.4, -0.2) is 25.2 Å². The lowest BCUT2D eigenvalue weighted by atomic mass is 10.2. The highest BCUT2D eigenvalue weighted by Crippen LogP contribution is 2.16. The average molecular weight is 288 g/mol. The fourth-order valence-corrected chi connectivity index (χ4v) is 2.15. The Morgan fingerprint density at radius 3 is 2.62 bits per heavy atom. The molecular weight excluding hydrogens is 267 g/mol. The van der Waals surface area contributed by atoms with Gasteiger partial charge < -0.3 is 15.3 Å². The minimum Gasteiger partial charge on any atom is -0.505 e. The van der Waals surface area contributed by atoms with Crippen molar-refractivity contribution in [2.45, 2.75) is 13.0 Å². The van der Waals surface area contributed by atoms with E-state index in [4.69, 9.17) is 5.11 Å². The van der Waals surface area contributed by atoms with Crippen molar-refractivity contribution in [3.63, 3.8) is 0 Å². The number of phenolic OH excluding ortho intramolecular Hbond substituents is 1. The van der Waals surface area contributed by atoms with E-state index < -0.39 is 5.82 Å². The molecule has 0 fully saturated rings. The lowest BCUT2D eigenvalue weighted by molar-refractivity contribution is 0.431. The van der Waals surface area contributed by atoms with E-state index in [1.165, 1.54) is 17.8 Å². The van der Waals surface area contributed by atoms with Crippen LogP contribution in [0.2, 0.25) is 0 Å². The molecule has 0 spiro atoms. The maximum absolute atomic E-state index is 13.2. The molecular formula is C17H21FN2O. The van der Waals surface area contributed by atoms with Crippen molar-refractivity contribution in [2.75, 3.05) is 25.0 Å². The van der Waals surface area contributed by atoms with E-state index in [9.17, 15) is 4.39 Å². The normalized spacial score (nSPS) is 10.6. The molecule has 0 heterocycles. The molecule has 0 aliphatic heterocycles. The van der Waals surface area contributed by atoms with Crippen molar-refractivity contribution >= 4 is 5.69 Å². The standard InChI is InChI=1S/C17H21FN2O/c1-20(15-6-3-2-4-7-15)11-5-10-19-13-14-8-9-17(21)16(18)12-14/h2-4,6-9,12,19,21H,5,10-11,13H2,1H3. The van der Waals surface area contributed by atoms with Gasteiger partial charge in [-0.3, -0.25) is 0 Å². The lowest BCUT2D eigenvalue weighted by Crippen LogP contribution is -2.23. The third-order valence-electron chi connectivity index (χ3n) is 3.39. The molecule has 0 saturated carbocycles. The monoisotopic (exact) mass is 288 g/mol. The third-order valence-corrected chi connectivity index (χ3v) is 3.39. The lowest BCUT2D eigenvalue weighted by Gasteiger charge is -2.19. The highest BCUT2D eigenvalue weighted by atomic mass is 19.1. The van der Waals surface area contributed by atoms with Crippen molar-refractivity contribution in [1.29, 1.82) is 0 Å². The maximum atomic E-state index is 13.2. The van der Waals surface area contributed by atoms with Crippen LogP contribution >= 0.6 is 0 Å². The number of halogens is 1. The zero-order valence-corrected chi connectivity index (χ0v) is 12.2. The Morgan fingerprint density at radius 1 is 1.14 bits per heavy atom. The van der Waals surface area contributed by atoms with Gasteiger partial charge in [-0.1, -0.05) is 24.3 Å². The molecule has 0 atom stereocenters. The van der Waals surface area contributed by atoms with Gasteiger partial charge in [0, 0.05) is 25.8 Å². The first kappa shape index (κ1) is 15.3. The summed E-state index contributed by atoms with van der Waals surface area (Å²) in [7, 11) is 2.07. The van der Waals surface area contributed by atoms with Gasteiger partial charge in [0.05, 0.1) is 0 Å². The Labute approximate surface area is 125 Å². The van der Waals surface area contributed by atoms with Crippen LogP contribution in [0.25, 0.3) is 0 Å². The fourth-order valence-electron chi connectivity index (χ4n) is 2.15. The zero-order chi connectivity index (χ0) is 15.1. The first-order chi connectivity index (χ1) is 10.2. The van der Waals surface area contributed by atoms with Crippen LogP contribution in [0, 0.1) is 5.82 Å². The molecule has 0 amide bonds. The van der Waals surface area contributed by atoms with Crippen LogP contribution < -0.4 is 10.2 Å². The van der Waals surface area contributed by atoms with Crippen LogP contribution in [0.3, 0.4) is 0 Å². The maximum Gasteiger partial charge on any atom is 0.165 e. The van der Waals surface area contributed by atoms with E-state index in [1.54, 1.807) is 6.07 Å². The summed E-state index contributed by atoms with van der Waals surface area (Å²) in [6, 6.07) is 14.7. The van der Waals surface area contributed by atoms with Crippen molar-refractivity contribution in [2.24, 2.45) is 0 Å². The van der Waals surface area contributed by atoms with Crippen molar-refractivity contribution < 1.29 is 9.50 Å². The molecule has 2 aromatic rings. The van der Waals surface area contributed by atoms with E-state index >= 15 is 0 Å². The molecule has 3 nitrogen and oxygen atoms in total. The number of nitrogens with one attached hydrogen (secondary N) is 1. The summed E-state index contributed by atoms with van der Waals surface area (Å²) < 4.78 is 13.2. The predicted octanol–water partition coefficient (Wildman–Crippen LogP) is 3.15. The molecule has 2 aromatic carbocycles. The Bertz CT molecular complexity index is 560. The largest absolute Gasteiger partial charge is 0.505 e. The van der Waals surface area contributed by atoms with Crippen LogP contribution in [0.1, 0.15) is 12.0 Å². The Kier molecular flexibility index (Phi) is 5.58. The number of aromatic hydroxyl groups is 1. The topological polar surface area (TPSA) is 35.5 Å². The summed E-state index contributed by atoms with van der Waals surface area (Å²) in [5.41, 5.74) is 2.04. The molecule has 2 rings (SSSR count). The predicted molar refractivity (Wildman–Crippen MR) is 84.1 cm³/mol.